The largest absolute Gasteiger partial charge is 0.464 e. The van der Waals surface area contributed by atoms with Crippen LogP contribution in [-0.2, 0) is 14.3 Å². The van der Waals surface area contributed by atoms with Gasteiger partial charge in [-0.3, -0.25) is 0 Å². The first-order chi connectivity index (χ1) is 6.60. The molecule has 1 aliphatic carbocycles. The van der Waals surface area contributed by atoms with Gasteiger partial charge in [0.1, 0.15) is 5.60 Å². The SMILES string of the molecule is CCOC(=O)C1(CC)OC12CC(C)C2. The summed E-state index contributed by atoms with van der Waals surface area (Å²) >= 11 is 0. The second-order valence-corrected chi connectivity index (χ2v) is 4.51. The molecule has 2 aliphatic rings. The zero-order valence-corrected chi connectivity index (χ0v) is 9.13. The lowest BCUT2D eigenvalue weighted by Gasteiger charge is -2.32. The quantitative estimate of drug-likeness (QED) is 0.513. The fraction of sp³-hybridized carbons (Fsp3) is 0.909. The Hall–Kier alpha value is -0.570. The molecule has 1 saturated carbocycles. The first kappa shape index (κ1) is 9.97. The van der Waals surface area contributed by atoms with Crippen molar-refractivity contribution in [1.82, 2.24) is 0 Å². The normalized spacial score (nSPS) is 44.6. The van der Waals surface area contributed by atoms with Crippen molar-refractivity contribution in [3.8, 4) is 0 Å². The molecule has 1 heterocycles. The summed E-state index contributed by atoms with van der Waals surface area (Å²) in [4.78, 5) is 11.7. The molecule has 0 aromatic carbocycles. The molecule has 0 aromatic rings. The second-order valence-electron chi connectivity index (χ2n) is 4.51. The van der Waals surface area contributed by atoms with Crippen molar-refractivity contribution in [1.29, 1.82) is 0 Å². The van der Waals surface area contributed by atoms with Gasteiger partial charge < -0.3 is 9.47 Å². The summed E-state index contributed by atoms with van der Waals surface area (Å²) in [6, 6.07) is 0. The Bertz CT molecular complexity index is 255. The van der Waals surface area contributed by atoms with E-state index in [1.807, 2.05) is 13.8 Å². The molecule has 1 spiro atoms. The molecule has 2 rings (SSSR count). The Morgan fingerprint density at radius 1 is 1.50 bits per heavy atom. The number of hydrogen-bond donors (Lipinski definition) is 0. The molecule has 1 saturated heterocycles. The molecule has 0 amide bonds. The minimum absolute atomic E-state index is 0.145. The summed E-state index contributed by atoms with van der Waals surface area (Å²) in [5, 5.41) is 0. The molecule has 0 bridgehead atoms. The van der Waals surface area contributed by atoms with E-state index in [1.165, 1.54) is 0 Å². The van der Waals surface area contributed by atoms with E-state index in [0.29, 0.717) is 12.5 Å². The van der Waals surface area contributed by atoms with E-state index in [-0.39, 0.29) is 11.6 Å². The molecule has 2 fully saturated rings. The number of rotatable bonds is 3. The van der Waals surface area contributed by atoms with Gasteiger partial charge in [-0.15, -0.1) is 0 Å². The van der Waals surface area contributed by atoms with Gasteiger partial charge in [-0.1, -0.05) is 13.8 Å². The van der Waals surface area contributed by atoms with E-state index in [9.17, 15) is 4.79 Å². The van der Waals surface area contributed by atoms with E-state index in [1.54, 1.807) is 0 Å². The number of carbonyl (C=O) groups is 1. The van der Waals surface area contributed by atoms with E-state index in [2.05, 4.69) is 6.92 Å². The summed E-state index contributed by atoms with van der Waals surface area (Å²) in [6.07, 6.45) is 2.76. The van der Waals surface area contributed by atoms with Gasteiger partial charge in [-0.05, 0) is 32.1 Å². The van der Waals surface area contributed by atoms with Crippen molar-refractivity contribution >= 4 is 5.97 Å². The number of hydrogen-bond acceptors (Lipinski definition) is 3. The molecule has 1 aliphatic heterocycles. The predicted molar refractivity (Wildman–Crippen MR) is 51.9 cm³/mol. The fourth-order valence-electron chi connectivity index (χ4n) is 2.80. The van der Waals surface area contributed by atoms with Crippen LogP contribution in [0.5, 0.6) is 0 Å². The first-order valence-electron chi connectivity index (χ1n) is 5.47. The molecule has 0 aromatic heterocycles. The molecule has 3 nitrogen and oxygen atoms in total. The monoisotopic (exact) mass is 198 g/mol. The molecule has 14 heavy (non-hydrogen) atoms. The maximum absolute atomic E-state index is 11.7. The van der Waals surface area contributed by atoms with E-state index >= 15 is 0 Å². The maximum atomic E-state index is 11.7. The molecular formula is C11H18O3. The summed E-state index contributed by atoms with van der Waals surface area (Å²) in [5.41, 5.74) is -0.733. The zero-order chi connectivity index (χ0) is 10.4. The van der Waals surface area contributed by atoms with Crippen LogP contribution in [0.15, 0.2) is 0 Å². The third-order valence-corrected chi connectivity index (χ3v) is 3.52. The van der Waals surface area contributed by atoms with Crippen LogP contribution in [0.1, 0.15) is 40.0 Å². The van der Waals surface area contributed by atoms with Crippen LogP contribution in [0.25, 0.3) is 0 Å². The summed E-state index contributed by atoms with van der Waals surface area (Å²) in [7, 11) is 0. The van der Waals surface area contributed by atoms with Crippen LogP contribution < -0.4 is 0 Å². The summed E-state index contributed by atoms with van der Waals surface area (Å²) < 4.78 is 10.7. The minimum atomic E-state index is -0.588. The van der Waals surface area contributed by atoms with Crippen LogP contribution in [-0.4, -0.2) is 23.8 Å². The highest BCUT2D eigenvalue weighted by molar-refractivity contribution is 5.85. The molecule has 0 radical (unpaired) electrons. The van der Waals surface area contributed by atoms with Gasteiger partial charge >= 0.3 is 5.97 Å². The van der Waals surface area contributed by atoms with Crippen molar-refractivity contribution in [2.75, 3.05) is 6.61 Å². The standard InChI is InChI=1S/C11H18O3/c1-4-11(9(12)13-5-2)10(14-11)6-8(3)7-10/h8H,4-7H2,1-3H3. The lowest BCUT2D eigenvalue weighted by molar-refractivity contribution is -0.149. The van der Waals surface area contributed by atoms with Crippen molar-refractivity contribution in [2.45, 2.75) is 51.2 Å². The highest BCUT2D eigenvalue weighted by Gasteiger charge is 2.77. The third kappa shape index (κ3) is 1.05. The highest BCUT2D eigenvalue weighted by Crippen LogP contribution is 2.64. The van der Waals surface area contributed by atoms with Gasteiger partial charge in [0.05, 0.1) is 6.61 Å². The molecule has 1 atom stereocenters. The van der Waals surface area contributed by atoms with Gasteiger partial charge in [0.2, 0.25) is 0 Å². The lowest BCUT2D eigenvalue weighted by Crippen LogP contribution is -2.43. The molecule has 3 heteroatoms. The molecule has 0 N–H and O–H groups in total. The van der Waals surface area contributed by atoms with Crippen LogP contribution >= 0.6 is 0 Å². The van der Waals surface area contributed by atoms with Crippen molar-refractivity contribution in [2.24, 2.45) is 5.92 Å². The van der Waals surface area contributed by atoms with E-state index in [0.717, 1.165) is 19.3 Å². The van der Waals surface area contributed by atoms with Gasteiger partial charge in [-0.25, -0.2) is 4.79 Å². The summed E-state index contributed by atoms with van der Waals surface area (Å²) in [6.45, 7) is 6.46. The second kappa shape index (κ2) is 2.96. The number of carbonyl (C=O) groups excluding carboxylic acids is 1. The first-order valence-corrected chi connectivity index (χ1v) is 5.47. The van der Waals surface area contributed by atoms with Crippen LogP contribution in [0.3, 0.4) is 0 Å². The van der Waals surface area contributed by atoms with Crippen LogP contribution in [0.2, 0.25) is 0 Å². The lowest BCUT2D eigenvalue weighted by atomic mass is 9.68. The Morgan fingerprint density at radius 2 is 2.14 bits per heavy atom. The Kier molecular flexibility index (Phi) is 2.11. The number of epoxide rings is 1. The van der Waals surface area contributed by atoms with E-state index < -0.39 is 5.60 Å². The Labute approximate surface area is 84.8 Å². The average molecular weight is 198 g/mol. The van der Waals surface area contributed by atoms with Crippen molar-refractivity contribution in [3.05, 3.63) is 0 Å². The maximum Gasteiger partial charge on any atom is 0.341 e. The van der Waals surface area contributed by atoms with Gasteiger partial charge in [0, 0.05) is 0 Å². The molecule has 1 unspecified atom stereocenters. The number of esters is 1. The van der Waals surface area contributed by atoms with Gasteiger partial charge in [-0.2, -0.15) is 0 Å². The van der Waals surface area contributed by atoms with Gasteiger partial charge in [0.25, 0.3) is 0 Å². The molecular weight excluding hydrogens is 180 g/mol. The van der Waals surface area contributed by atoms with Crippen molar-refractivity contribution in [3.63, 3.8) is 0 Å². The molecule has 80 valence electrons. The predicted octanol–water partition coefficient (Wildman–Crippen LogP) is 1.90. The average Bonchev–Trinajstić information content (AvgIpc) is 2.75. The fourth-order valence-corrected chi connectivity index (χ4v) is 2.80. The smallest absolute Gasteiger partial charge is 0.341 e. The number of ether oxygens (including phenoxy) is 2. The topological polar surface area (TPSA) is 38.8 Å². The Morgan fingerprint density at radius 3 is 2.57 bits per heavy atom. The van der Waals surface area contributed by atoms with E-state index in [4.69, 9.17) is 9.47 Å². The van der Waals surface area contributed by atoms with Crippen LogP contribution in [0, 0.1) is 5.92 Å². The summed E-state index contributed by atoms with van der Waals surface area (Å²) in [5.74, 6) is 0.534. The third-order valence-electron chi connectivity index (χ3n) is 3.52. The van der Waals surface area contributed by atoms with Crippen LogP contribution in [0.4, 0.5) is 0 Å². The van der Waals surface area contributed by atoms with Crippen molar-refractivity contribution < 1.29 is 14.3 Å². The highest BCUT2D eigenvalue weighted by atomic mass is 16.7. The minimum Gasteiger partial charge on any atom is -0.464 e. The zero-order valence-electron chi connectivity index (χ0n) is 9.13. The Balaban J connectivity index is 2.05. The van der Waals surface area contributed by atoms with Gasteiger partial charge in [0.15, 0.2) is 5.60 Å².